The van der Waals surface area contributed by atoms with Gasteiger partial charge in [-0.15, -0.1) is 0 Å². The lowest BCUT2D eigenvalue weighted by Crippen LogP contribution is -2.37. The van der Waals surface area contributed by atoms with Gasteiger partial charge in [0.1, 0.15) is 5.75 Å². The molecule has 0 spiro atoms. The predicted octanol–water partition coefficient (Wildman–Crippen LogP) is 8.62. The number of alkyl halides is 2. The maximum absolute atomic E-state index is 15.0. The first-order valence-corrected chi connectivity index (χ1v) is 11.8. The van der Waals surface area contributed by atoms with Crippen molar-refractivity contribution >= 4 is 0 Å². The predicted molar refractivity (Wildman–Crippen MR) is 113 cm³/mol. The standard InChI is InChI=1S/C26H27F7O/c1-14-2-4-15(5-3-14)19-10-11-20(24(30)23(19)29)16-6-8-17(9-7-16)26(32,33)34-18-12-21(27)25(31)22(28)13-18/h10-17H,2-9H2,1H3. The van der Waals surface area contributed by atoms with Gasteiger partial charge in [0.25, 0.3) is 0 Å². The highest BCUT2D eigenvalue weighted by Crippen LogP contribution is 2.45. The quantitative estimate of drug-likeness (QED) is 0.302. The van der Waals surface area contributed by atoms with Gasteiger partial charge in [-0.05, 0) is 67.4 Å². The summed E-state index contributed by atoms with van der Waals surface area (Å²) in [5, 5.41) is 0. The third-order valence-corrected chi connectivity index (χ3v) is 7.45. The molecule has 0 amide bonds. The topological polar surface area (TPSA) is 9.23 Å². The first kappa shape index (κ1) is 24.9. The maximum atomic E-state index is 15.0. The molecular weight excluding hydrogens is 461 g/mol. The zero-order valence-corrected chi connectivity index (χ0v) is 18.8. The van der Waals surface area contributed by atoms with E-state index in [-0.39, 0.29) is 37.2 Å². The Hall–Kier alpha value is -2.25. The molecule has 2 aliphatic carbocycles. The smallest absolute Gasteiger partial charge is 0.400 e. The van der Waals surface area contributed by atoms with Crippen molar-refractivity contribution in [2.24, 2.45) is 11.8 Å². The second kappa shape index (κ2) is 9.78. The SMILES string of the molecule is CC1CCC(c2ccc(C3CCC(C(F)(F)Oc4cc(F)c(F)c(F)c4)CC3)c(F)c2F)CC1. The van der Waals surface area contributed by atoms with Crippen molar-refractivity contribution in [3.05, 3.63) is 64.5 Å². The highest BCUT2D eigenvalue weighted by Gasteiger charge is 2.45. The molecule has 1 nitrogen and oxygen atoms in total. The van der Waals surface area contributed by atoms with Crippen LogP contribution in [0.3, 0.4) is 0 Å². The highest BCUT2D eigenvalue weighted by molar-refractivity contribution is 5.32. The fraction of sp³-hybridized carbons (Fsp3) is 0.538. The summed E-state index contributed by atoms with van der Waals surface area (Å²) in [7, 11) is 0. The Bertz CT molecular complexity index is 999. The molecule has 0 N–H and O–H groups in total. The molecule has 8 heteroatoms. The van der Waals surface area contributed by atoms with Crippen LogP contribution in [0.2, 0.25) is 0 Å². The van der Waals surface area contributed by atoms with E-state index in [2.05, 4.69) is 11.7 Å². The van der Waals surface area contributed by atoms with Crippen LogP contribution < -0.4 is 4.74 Å². The first-order chi connectivity index (χ1) is 16.1. The zero-order valence-electron chi connectivity index (χ0n) is 18.8. The zero-order chi connectivity index (χ0) is 24.6. The third kappa shape index (κ3) is 5.05. The summed E-state index contributed by atoms with van der Waals surface area (Å²) in [5.74, 6) is -8.70. The largest absolute Gasteiger partial charge is 0.432 e. The Labute approximate surface area is 194 Å². The van der Waals surface area contributed by atoms with Crippen LogP contribution in [-0.2, 0) is 0 Å². The molecule has 2 aromatic carbocycles. The summed E-state index contributed by atoms with van der Waals surface area (Å²) in [6.07, 6.45) is 0.111. The lowest BCUT2D eigenvalue weighted by atomic mass is 9.76. The van der Waals surface area contributed by atoms with E-state index in [1.165, 1.54) is 0 Å². The summed E-state index contributed by atoms with van der Waals surface area (Å²) < 4.78 is 103. The number of halogens is 7. The van der Waals surface area contributed by atoms with Gasteiger partial charge in [0.05, 0.1) is 5.92 Å². The average Bonchev–Trinajstić information content (AvgIpc) is 2.80. The summed E-state index contributed by atoms with van der Waals surface area (Å²) in [6.45, 7) is 2.15. The molecular formula is C26H27F7O. The highest BCUT2D eigenvalue weighted by atomic mass is 19.3. The van der Waals surface area contributed by atoms with E-state index in [1.807, 2.05) is 0 Å². The Balaban J connectivity index is 1.41. The summed E-state index contributed by atoms with van der Waals surface area (Å²) in [5.41, 5.74) is 0.580. The van der Waals surface area contributed by atoms with Crippen molar-refractivity contribution in [3.63, 3.8) is 0 Å². The van der Waals surface area contributed by atoms with E-state index in [0.717, 1.165) is 25.7 Å². The van der Waals surface area contributed by atoms with Crippen LogP contribution in [0.1, 0.15) is 81.3 Å². The number of hydrogen-bond donors (Lipinski definition) is 0. The normalized spacial score (nSPS) is 25.9. The fourth-order valence-electron chi connectivity index (χ4n) is 5.35. The van der Waals surface area contributed by atoms with Gasteiger partial charge in [-0.1, -0.05) is 31.9 Å². The molecule has 0 radical (unpaired) electrons. The van der Waals surface area contributed by atoms with Crippen LogP contribution >= 0.6 is 0 Å². The molecule has 0 bridgehead atoms. The Morgan fingerprint density at radius 2 is 1.12 bits per heavy atom. The minimum absolute atomic E-state index is 0.00698. The van der Waals surface area contributed by atoms with Crippen LogP contribution in [0.25, 0.3) is 0 Å². The third-order valence-electron chi connectivity index (χ3n) is 7.45. The van der Waals surface area contributed by atoms with Gasteiger partial charge in [-0.25, -0.2) is 22.0 Å². The molecule has 0 atom stereocenters. The van der Waals surface area contributed by atoms with E-state index < -0.39 is 52.8 Å². The minimum atomic E-state index is -3.76. The van der Waals surface area contributed by atoms with E-state index >= 15 is 0 Å². The number of ether oxygens (including phenoxy) is 1. The van der Waals surface area contributed by atoms with Crippen molar-refractivity contribution in [1.82, 2.24) is 0 Å². The minimum Gasteiger partial charge on any atom is -0.432 e. The van der Waals surface area contributed by atoms with Crippen LogP contribution in [0.5, 0.6) is 5.75 Å². The second-order valence-electron chi connectivity index (χ2n) is 9.74. The number of benzene rings is 2. The Kier molecular flexibility index (Phi) is 7.15. The van der Waals surface area contributed by atoms with Gasteiger partial charge in [0, 0.05) is 12.1 Å². The first-order valence-electron chi connectivity index (χ1n) is 11.8. The van der Waals surface area contributed by atoms with Gasteiger partial charge in [0.2, 0.25) is 0 Å². The Morgan fingerprint density at radius 3 is 1.59 bits per heavy atom. The van der Waals surface area contributed by atoms with Crippen LogP contribution in [-0.4, -0.2) is 6.11 Å². The van der Waals surface area contributed by atoms with Crippen molar-refractivity contribution in [2.45, 2.75) is 76.2 Å². The van der Waals surface area contributed by atoms with Gasteiger partial charge in [-0.3, -0.25) is 0 Å². The molecule has 2 saturated carbocycles. The van der Waals surface area contributed by atoms with Crippen molar-refractivity contribution in [3.8, 4) is 5.75 Å². The molecule has 186 valence electrons. The second-order valence-corrected chi connectivity index (χ2v) is 9.74. The molecule has 4 rings (SSSR count). The summed E-state index contributed by atoms with van der Waals surface area (Å²) in [6, 6.07) is 3.95. The lowest BCUT2D eigenvalue weighted by Gasteiger charge is -2.34. The van der Waals surface area contributed by atoms with Crippen molar-refractivity contribution in [2.75, 3.05) is 0 Å². The summed E-state index contributed by atoms with van der Waals surface area (Å²) in [4.78, 5) is 0. The van der Waals surface area contributed by atoms with Gasteiger partial charge in [-0.2, -0.15) is 8.78 Å². The monoisotopic (exact) mass is 488 g/mol. The number of rotatable bonds is 5. The van der Waals surface area contributed by atoms with Gasteiger partial charge < -0.3 is 4.74 Å². The van der Waals surface area contributed by atoms with E-state index in [9.17, 15) is 30.7 Å². The molecule has 0 unspecified atom stereocenters. The average molecular weight is 488 g/mol. The molecule has 0 saturated heterocycles. The lowest BCUT2D eigenvalue weighted by molar-refractivity contribution is -0.222. The van der Waals surface area contributed by atoms with Crippen LogP contribution in [0, 0.1) is 40.9 Å². The Morgan fingerprint density at radius 1 is 0.676 bits per heavy atom. The maximum Gasteiger partial charge on any atom is 0.400 e. The van der Waals surface area contributed by atoms with Crippen LogP contribution in [0.15, 0.2) is 24.3 Å². The van der Waals surface area contributed by atoms with E-state index in [1.54, 1.807) is 12.1 Å². The molecule has 34 heavy (non-hydrogen) atoms. The molecule has 2 fully saturated rings. The molecule has 0 aromatic heterocycles. The van der Waals surface area contributed by atoms with Crippen molar-refractivity contribution in [1.29, 1.82) is 0 Å². The van der Waals surface area contributed by atoms with Gasteiger partial charge >= 0.3 is 6.11 Å². The van der Waals surface area contributed by atoms with Gasteiger partial charge in [0.15, 0.2) is 29.1 Å². The van der Waals surface area contributed by atoms with E-state index in [0.29, 0.717) is 23.6 Å². The number of hydrogen-bond acceptors (Lipinski definition) is 1. The molecule has 2 aliphatic rings. The molecule has 0 heterocycles. The molecule has 0 aliphatic heterocycles. The van der Waals surface area contributed by atoms with E-state index in [4.69, 9.17) is 0 Å². The van der Waals surface area contributed by atoms with Crippen LogP contribution in [0.4, 0.5) is 30.7 Å². The van der Waals surface area contributed by atoms with Crippen molar-refractivity contribution < 1.29 is 35.5 Å². The fourth-order valence-corrected chi connectivity index (χ4v) is 5.35. The molecule has 2 aromatic rings. The summed E-state index contributed by atoms with van der Waals surface area (Å²) >= 11 is 0.